The lowest BCUT2D eigenvalue weighted by atomic mass is 9.67. The number of hydrogen-bond donors (Lipinski definition) is 1. The van der Waals surface area contributed by atoms with E-state index in [0.29, 0.717) is 0 Å². The molecule has 1 nitrogen and oxygen atoms in total. The molecule has 0 aromatic carbocycles. The lowest BCUT2D eigenvalue weighted by molar-refractivity contribution is 0.108. The molecule has 1 aliphatic rings. The summed E-state index contributed by atoms with van der Waals surface area (Å²) in [6, 6.07) is 0. The Labute approximate surface area is 89.7 Å². The molecule has 1 heteroatoms. The van der Waals surface area contributed by atoms with E-state index >= 15 is 0 Å². The third-order valence-electron chi connectivity index (χ3n) is 3.81. The van der Waals surface area contributed by atoms with E-state index in [0.717, 1.165) is 23.7 Å². The molecule has 14 heavy (non-hydrogen) atoms. The predicted molar refractivity (Wildman–Crippen MR) is 63.4 cm³/mol. The van der Waals surface area contributed by atoms with Gasteiger partial charge >= 0.3 is 0 Å². The van der Waals surface area contributed by atoms with Crippen LogP contribution in [-0.2, 0) is 0 Å². The molecule has 0 heterocycles. The van der Waals surface area contributed by atoms with Gasteiger partial charge in [-0.1, -0.05) is 34.1 Å². The molecule has 3 atom stereocenters. The van der Waals surface area contributed by atoms with Gasteiger partial charge in [0, 0.05) is 0 Å². The fourth-order valence-electron chi connectivity index (χ4n) is 2.46. The lowest BCUT2D eigenvalue weighted by Gasteiger charge is -2.41. The van der Waals surface area contributed by atoms with Crippen LogP contribution < -0.4 is 5.32 Å². The Morgan fingerprint density at radius 1 is 1.21 bits per heavy atom. The van der Waals surface area contributed by atoms with Crippen molar-refractivity contribution >= 4 is 0 Å². The minimum Gasteiger partial charge on any atom is -0.316 e. The molecular formula is C13H27N. The van der Waals surface area contributed by atoms with Crippen LogP contribution in [-0.4, -0.2) is 13.1 Å². The molecule has 1 N–H and O–H groups in total. The van der Waals surface area contributed by atoms with Crippen molar-refractivity contribution in [2.24, 2.45) is 23.7 Å². The number of hydrogen-bond acceptors (Lipinski definition) is 1. The summed E-state index contributed by atoms with van der Waals surface area (Å²) < 4.78 is 0. The van der Waals surface area contributed by atoms with Crippen molar-refractivity contribution in [1.29, 1.82) is 0 Å². The Hall–Kier alpha value is -0.0400. The Morgan fingerprint density at radius 2 is 1.93 bits per heavy atom. The minimum atomic E-state index is 0.789. The van der Waals surface area contributed by atoms with Crippen molar-refractivity contribution in [3.63, 3.8) is 0 Å². The lowest BCUT2D eigenvalue weighted by Crippen LogP contribution is -2.39. The summed E-state index contributed by atoms with van der Waals surface area (Å²) in [6.07, 6.45) is 4.29. The van der Waals surface area contributed by atoms with Crippen LogP contribution in [0.3, 0.4) is 0 Å². The van der Waals surface area contributed by atoms with E-state index in [-0.39, 0.29) is 0 Å². The van der Waals surface area contributed by atoms with E-state index in [1.807, 2.05) is 0 Å². The zero-order chi connectivity index (χ0) is 10.6. The van der Waals surface area contributed by atoms with Gasteiger partial charge in [-0.3, -0.25) is 0 Å². The van der Waals surface area contributed by atoms with Crippen molar-refractivity contribution in [1.82, 2.24) is 5.32 Å². The van der Waals surface area contributed by atoms with Crippen LogP contribution in [0.5, 0.6) is 0 Å². The van der Waals surface area contributed by atoms with Gasteiger partial charge in [-0.25, -0.2) is 0 Å². The van der Waals surface area contributed by atoms with Gasteiger partial charge in [0.05, 0.1) is 0 Å². The van der Waals surface area contributed by atoms with E-state index in [1.165, 1.54) is 32.4 Å². The van der Waals surface area contributed by atoms with Gasteiger partial charge in [-0.2, -0.15) is 0 Å². The van der Waals surface area contributed by atoms with E-state index in [9.17, 15) is 0 Å². The standard InChI is InChI=1S/C13H27N/c1-5-11(4)13-7-6-12(13)9-14-8-10(2)3/h10-14H,5-9H2,1-4H3. The predicted octanol–water partition coefficient (Wildman–Crippen LogP) is 3.30. The fraction of sp³-hybridized carbons (Fsp3) is 1.00. The molecule has 1 fully saturated rings. The van der Waals surface area contributed by atoms with Gasteiger partial charge in [0.25, 0.3) is 0 Å². The normalized spacial score (nSPS) is 28.9. The molecule has 1 rings (SSSR count). The van der Waals surface area contributed by atoms with Crippen LogP contribution in [0.1, 0.15) is 47.0 Å². The van der Waals surface area contributed by atoms with Gasteiger partial charge in [0.15, 0.2) is 0 Å². The summed E-state index contributed by atoms with van der Waals surface area (Å²) in [7, 11) is 0. The summed E-state index contributed by atoms with van der Waals surface area (Å²) in [5.41, 5.74) is 0. The highest BCUT2D eigenvalue weighted by molar-refractivity contribution is 4.85. The van der Waals surface area contributed by atoms with E-state index in [4.69, 9.17) is 0 Å². The van der Waals surface area contributed by atoms with Crippen LogP contribution >= 0.6 is 0 Å². The van der Waals surface area contributed by atoms with Crippen molar-refractivity contribution in [3.05, 3.63) is 0 Å². The first-order valence-corrected chi connectivity index (χ1v) is 6.35. The Bertz CT molecular complexity index is 153. The summed E-state index contributed by atoms with van der Waals surface area (Å²) in [4.78, 5) is 0. The van der Waals surface area contributed by atoms with Crippen LogP contribution in [0.2, 0.25) is 0 Å². The van der Waals surface area contributed by atoms with E-state index < -0.39 is 0 Å². The van der Waals surface area contributed by atoms with Crippen molar-refractivity contribution in [3.8, 4) is 0 Å². The fourth-order valence-corrected chi connectivity index (χ4v) is 2.46. The van der Waals surface area contributed by atoms with Crippen molar-refractivity contribution < 1.29 is 0 Å². The van der Waals surface area contributed by atoms with Gasteiger partial charge < -0.3 is 5.32 Å². The van der Waals surface area contributed by atoms with Crippen LogP contribution in [0.25, 0.3) is 0 Å². The minimum absolute atomic E-state index is 0.789. The molecule has 0 bridgehead atoms. The van der Waals surface area contributed by atoms with E-state index in [2.05, 4.69) is 33.0 Å². The molecule has 0 amide bonds. The molecule has 0 aromatic rings. The summed E-state index contributed by atoms with van der Waals surface area (Å²) in [6.45, 7) is 11.7. The average molecular weight is 197 g/mol. The first-order chi connectivity index (χ1) is 6.65. The van der Waals surface area contributed by atoms with Gasteiger partial charge in [0.2, 0.25) is 0 Å². The Morgan fingerprint density at radius 3 is 2.36 bits per heavy atom. The van der Waals surface area contributed by atoms with Crippen molar-refractivity contribution in [2.75, 3.05) is 13.1 Å². The maximum absolute atomic E-state index is 3.60. The molecular weight excluding hydrogens is 170 g/mol. The first kappa shape index (κ1) is 12.0. The van der Waals surface area contributed by atoms with Crippen LogP contribution in [0, 0.1) is 23.7 Å². The largest absolute Gasteiger partial charge is 0.316 e. The molecule has 0 radical (unpaired) electrons. The van der Waals surface area contributed by atoms with Gasteiger partial charge in [0.1, 0.15) is 0 Å². The topological polar surface area (TPSA) is 12.0 Å². The van der Waals surface area contributed by atoms with Crippen LogP contribution in [0.4, 0.5) is 0 Å². The molecule has 1 saturated carbocycles. The number of rotatable bonds is 6. The third-order valence-corrected chi connectivity index (χ3v) is 3.81. The molecule has 3 unspecified atom stereocenters. The Kier molecular flexibility index (Phi) is 4.94. The summed E-state index contributed by atoms with van der Waals surface area (Å²) >= 11 is 0. The molecule has 84 valence electrons. The second kappa shape index (κ2) is 5.75. The first-order valence-electron chi connectivity index (χ1n) is 6.35. The molecule has 0 spiro atoms. The molecule has 0 aromatic heterocycles. The van der Waals surface area contributed by atoms with Crippen LogP contribution in [0.15, 0.2) is 0 Å². The van der Waals surface area contributed by atoms with Gasteiger partial charge in [-0.05, 0) is 49.6 Å². The second-order valence-electron chi connectivity index (χ2n) is 5.44. The highest BCUT2D eigenvalue weighted by Gasteiger charge is 2.33. The highest BCUT2D eigenvalue weighted by Crippen LogP contribution is 2.40. The van der Waals surface area contributed by atoms with E-state index in [1.54, 1.807) is 0 Å². The summed E-state index contributed by atoms with van der Waals surface area (Å²) in [5, 5.41) is 3.60. The highest BCUT2D eigenvalue weighted by atomic mass is 14.9. The quantitative estimate of drug-likeness (QED) is 0.689. The second-order valence-corrected chi connectivity index (χ2v) is 5.44. The maximum Gasteiger partial charge on any atom is -0.00177 e. The monoisotopic (exact) mass is 197 g/mol. The molecule has 0 aliphatic heterocycles. The maximum atomic E-state index is 3.60. The smallest absolute Gasteiger partial charge is 0.00177 e. The van der Waals surface area contributed by atoms with Crippen molar-refractivity contribution in [2.45, 2.75) is 47.0 Å². The molecule has 1 aliphatic carbocycles. The zero-order valence-corrected chi connectivity index (χ0v) is 10.3. The summed E-state index contributed by atoms with van der Waals surface area (Å²) in [5.74, 6) is 3.72. The number of nitrogens with one attached hydrogen (secondary N) is 1. The average Bonchev–Trinajstić information content (AvgIpc) is 2.09. The Balaban J connectivity index is 2.13. The SMILES string of the molecule is CCC(C)C1CCC1CNCC(C)C. The van der Waals surface area contributed by atoms with Gasteiger partial charge in [-0.15, -0.1) is 0 Å². The third kappa shape index (κ3) is 3.27. The zero-order valence-electron chi connectivity index (χ0n) is 10.3. The molecule has 0 saturated heterocycles.